The molecule has 7 nitrogen and oxygen atoms in total. The highest BCUT2D eigenvalue weighted by Gasteiger charge is 2.17. The molecule has 0 unspecified atom stereocenters. The van der Waals surface area contributed by atoms with E-state index in [2.05, 4.69) is 10.5 Å². The van der Waals surface area contributed by atoms with Gasteiger partial charge in [0.15, 0.2) is 11.5 Å². The van der Waals surface area contributed by atoms with Crippen LogP contribution in [0.15, 0.2) is 41.5 Å². The third-order valence-corrected chi connectivity index (χ3v) is 3.75. The summed E-state index contributed by atoms with van der Waals surface area (Å²) in [5, 5.41) is 4.16. The molecule has 138 valence electrons. The fraction of sp³-hybridized carbons (Fsp3) is 0.263. The van der Waals surface area contributed by atoms with E-state index < -0.39 is 5.91 Å². The number of hydrogen-bond acceptors (Lipinski definition) is 6. The van der Waals surface area contributed by atoms with Gasteiger partial charge < -0.3 is 18.9 Å². The van der Waals surface area contributed by atoms with Gasteiger partial charge in [0.25, 0.3) is 5.91 Å². The first-order valence-corrected chi connectivity index (χ1v) is 7.83. The molecule has 0 aromatic heterocycles. The van der Waals surface area contributed by atoms with Crippen LogP contribution in [-0.2, 0) is 0 Å². The summed E-state index contributed by atoms with van der Waals surface area (Å²) in [6.45, 7) is 1.79. The number of amides is 1. The van der Waals surface area contributed by atoms with Gasteiger partial charge in [-0.3, -0.25) is 4.79 Å². The number of hydrazone groups is 1. The van der Waals surface area contributed by atoms with Crippen LogP contribution in [0.1, 0.15) is 22.8 Å². The zero-order valence-corrected chi connectivity index (χ0v) is 15.5. The van der Waals surface area contributed by atoms with Gasteiger partial charge in [0.1, 0.15) is 5.75 Å². The van der Waals surface area contributed by atoms with Gasteiger partial charge in [-0.1, -0.05) is 12.1 Å². The summed E-state index contributed by atoms with van der Waals surface area (Å²) < 4.78 is 21.1. The number of rotatable bonds is 7. The van der Waals surface area contributed by atoms with E-state index in [1.807, 2.05) is 24.3 Å². The van der Waals surface area contributed by atoms with E-state index in [-0.39, 0.29) is 0 Å². The van der Waals surface area contributed by atoms with Crippen molar-refractivity contribution in [3.8, 4) is 23.0 Å². The van der Waals surface area contributed by atoms with Crippen LogP contribution in [0.5, 0.6) is 23.0 Å². The molecule has 0 aliphatic rings. The Morgan fingerprint density at radius 3 is 2.00 bits per heavy atom. The van der Waals surface area contributed by atoms with Crippen LogP contribution in [0.4, 0.5) is 0 Å². The Bertz CT molecular complexity index is 792. The quantitative estimate of drug-likeness (QED) is 0.608. The van der Waals surface area contributed by atoms with Crippen molar-refractivity contribution in [1.82, 2.24) is 5.43 Å². The van der Waals surface area contributed by atoms with Gasteiger partial charge in [-0.15, -0.1) is 0 Å². The molecule has 7 heteroatoms. The molecule has 0 bridgehead atoms. The minimum absolute atomic E-state index is 0.330. The average molecular weight is 358 g/mol. The minimum atomic E-state index is -0.404. The van der Waals surface area contributed by atoms with Gasteiger partial charge in [0, 0.05) is 11.1 Å². The first-order valence-electron chi connectivity index (χ1n) is 7.83. The van der Waals surface area contributed by atoms with E-state index in [0.717, 1.165) is 5.56 Å². The summed E-state index contributed by atoms with van der Waals surface area (Å²) in [6.07, 6.45) is 0. The van der Waals surface area contributed by atoms with E-state index in [1.54, 1.807) is 26.2 Å². The highest BCUT2D eigenvalue weighted by molar-refractivity contribution is 6.02. The largest absolute Gasteiger partial charge is 0.496 e. The van der Waals surface area contributed by atoms with Gasteiger partial charge in [0.05, 0.1) is 34.2 Å². The number of nitrogens with one attached hydrogen (secondary N) is 1. The van der Waals surface area contributed by atoms with E-state index in [4.69, 9.17) is 18.9 Å². The number of methoxy groups -OCH3 is 4. The van der Waals surface area contributed by atoms with Crippen molar-refractivity contribution in [3.05, 3.63) is 47.5 Å². The van der Waals surface area contributed by atoms with Crippen LogP contribution in [0.2, 0.25) is 0 Å². The van der Waals surface area contributed by atoms with Crippen molar-refractivity contribution >= 4 is 11.6 Å². The Balaban J connectivity index is 2.27. The van der Waals surface area contributed by atoms with Crippen molar-refractivity contribution in [2.75, 3.05) is 28.4 Å². The lowest BCUT2D eigenvalue weighted by molar-refractivity contribution is 0.0954. The molecule has 1 N–H and O–H groups in total. The molecule has 0 saturated heterocycles. The van der Waals surface area contributed by atoms with Crippen LogP contribution in [-0.4, -0.2) is 40.1 Å². The summed E-state index contributed by atoms with van der Waals surface area (Å²) in [7, 11) is 6.06. The highest BCUT2D eigenvalue weighted by Crippen LogP contribution is 2.38. The lowest BCUT2D eigenvalue weighted by Crippen LogP contribution is -2.19. The molecule has 26 heavy (non-hydrogen) atoms. The molecule has 0 spiro atoms. The Morgan fingerprint density at radius 2 is 1.46 bits per heavy atom. The molecule has 0 fully saturated rings. The number of benzene rings is 2. The molecule has 1 amide bonds. The molecule has 0 saturated carbocycles. The number of carbonyl (C=O) groups is 1. The maximum atomic E-state index is 12.5. The van der Waals surface area contributed by atoms with Gasteiger partial charge in [-0.05, 0) is 31.2 Å². The predicted octanol–water partition coefficient (Wildman–Crippen LogP) is 2.88. The third-order valence-electron chi connectivity index (χ3n) is 3.75. The molecule has 0 aliphatic carbocycles. The van der Waals surface area contributed by atoms with Crippen molar-refractivity contribution in [1.29, 1.82) is 0 Å². The lowest BCUT2D eigenvalue weighted by Gasteiger charge is -2.13. The van der Waals surface area contributed by atoms with Crippen LogP contribution in [0.25, 0.3) is 0 Å². The molecular formula is C19H22N2O5. The maximum absolute atomic E-state index is 12.5. The van der Waals surface area contributed by atoms with Gasteiger partial charge >= 0.3 is 0 Å². The van der Waals surface area contributed by atoms with E-state index in [0.29, 0.717) is 34.3 Å². The number of carbonyl (C=O) groups excluding carboxylic acids is 1. The number of hydrogen-bond donors (Lipinski definition) is 1. The average Bonchev–Trinajstić information content (AvgIpc) is 2.70. The molecular weight excluding hydrogens is 336 g/mol. The summed E-state index contributed by atoms with van der Waals surface area (Å²) in [5.74, 6) is 1.47. The zero-order valence-electron chi connectivity index (χ0n) is 15.5. The van der Waals surface area contributed by atoms with Crippen molar-refractivity contribution in [2.24, 2.45) is 5.10 Å². The molecule has 2 aromatic rings. The molecule has 2 rings (SSSR count). The van der Waals surface area contributed by atoms with Gasteiger partial charge in [-0.25, -0.2) is 5.43 Å². The molecule has 0 atom stereocenters. The Hall–Kier alpha value is -3.22. The van der Waals surface area contributed by atoms with Gasteiger partial charge in [0.2, 0.25) is 5.75 Å². The maximum Gasteiger partial charge on any atom is 0.271 e. The zero-order chi connectivity index (χ0) is 19.1. The molecule has 0 aliphatic heterocycles. The van der Waals surface area contributed by atoms with E-state index >= 15 is 0 Å². The third kappa shape index (κ3) is 4.05. The Labute approximate surface area is 152 Å². The highest BCUT2D eigenvalue weighted by atomic mass is 16.5. The molecule has 0 heterocycles. The molecule has 2 aromatic carbocycles. The Morgan fingerprint density at radius 1 is 0.885 bits per heavy atom. The Kier molecular flexibility index (Phi) is 6.43. The summed E-state index contributed by atoms with van der Waals surface area (Å²) >= 11 is 0. The second kappa shape index (κ2) is 8.75. The van der Waals surface area contributed by atoms with Crippen LogP contribution in [0.3, 0.4) is 0 Å². The first-order chi connectivity index (χ1) is 12.5. The second-order valence-electron chi connectivity index (χ2n) is 5.25. The standard InChI is InChI=1S/C19H22N2O5/c1-12(14-8-6-7-9-15(14)23-2)20-21-19(22)13-10-16(24-3)18(26-5)17(11-13)25-4/h6-11H,1-5H3,(H,21,22)/b20-12-. The summed E-state index contributed by atoms with van der Waals surface area (Å²) in [4.78, 5) is 12.5. The van der Waals surface area contributed by atoms with Crippen molar-refractivity contribution in [2.45, 2.75) is 6.92 Å². The van der Waals surface area contributed by atoms with Crippen molar-refractivity contribution in [3.63, 3.8) is 0 Å². The minimum Gasteiger partial charge on any atom is -0.496 e. The molecule has 0 radical (unpaired) electrons. The fourth-order valence-corrected chi connectivity index (χ4v) is 2.42. The van der Waals surface area contributed by atoms with Gasteiger partial charge in [-0.2, -0.15) is 5.10 Å². The van der Waals surface area contributed by atoms with Crippen LogP contribution < -0.4 is 24.4 Å². The number of nitrogens with zero attached hydrogens (tertiary/aromatic N) is 1. The monoisotopic (exact) mass is 358 g/mol. The first kappa shape index (κ1) is 19.1. The van der Waals surface area contributed by atoms with Crippen LogP contribution in [0, 0.1) is 0 Å². The summed E-state index contributed by atoms with van der Waals surface area (Å²) in [6, 6.07) is 10.6. The second-order valence-corrected chi connectivity index (χ2v) is 5.25. The topological polar surface area (TPSA) is 78.4 Å². The van der Waals surface area contributed by atoms with E-state index in [9.17, 15) is 4.79 Å². The number of para-hydroxylation sites is 1. The normalized spacial score (nSPS) is 10.9. The smallest absolute Gasteiger partial charge is 0.271 e. The van der Waals surface area contributed by atoms with E-state index in [1.165, 1.54) is 21.3 Å². The predicted molar refractivity (Wildman–Crippen MR) is 98.8 cm³/mol. The fourth-order valence-electron chi connectivity index (χ4n) is 2.42. The lowest BCUT2D eigenvalue weighted by atomic mass is 10.1. The summed E-state index contributed by atoms with van der Waals surface area (Å²) in [5.41, 5.74) is 4.27. The SMILES string of the molecule is COc1ccccc1/C(C)=N\NC(=O)c1cc(OC)c(OC)c(OC)c1. The van der Waals surface area contributed by atoms with Crippen molar-refractivity contribution < 1.29 is 23.7 Å². The number of ether oxygens (including phenoxy) is 4. The van der Waals surface area contributed by atoms with Crippen LogP contribution >= 0.6 is 0 Å².